The van der Waals surface area contributed by atoms with Gasteiger partial charge in [-0.05, 0) is 25.3 Å². The molecule has 0 saturated heterocycles. The molecule has 1 rings (SSSR count). The van der Waals surface area contributed by atoms with Crippen LogP contribution in [0.25, 0.3) is 0 Å². The van der Waals surface area contributed by atoms with Gasteiger partial charge in [0.15, 0.2) is 0 Å². The first-order chi connectivity index (χ1) is 5.70. The van der Waals surface area contributed by atoms with Gasteiger partial charge < -0.3 is 5.32 Å². The monoisotopic (exact) mass is 167 g/mol. The first-order valence-electron chi connectivity index (χ1n) is 4.73. The van der Waals surface area contributed by atoms with Gasteiger partial charge in [-0.25, -0.2) is 0 Å². The highest BCUT2D eigenvalue weighted by atomic mass is 16.2. The Morgan fingerprint density at radius 1 is 1.42 bits per heavy atom. The van der Waals surface area contributed by atoms with Crippen molar-refractivity contribution in [2.75, 3.05) is 0 Å². The molecule has 0 radical (unpaired) electrons. The Kier molecular flexibility index (Phi) is 2.90. The highest BCUT2D eigenvalue weighted by molar-refractivity contribution is 5.97. The summed E-state index contributed by atoms with van der Waals surface area (Å²) in [7, 11) is 0. The zero-order chi connectivity index (χ0) is 9.14. The van der Waals surface area contributed by atoms with Crippen molar-refractivity contribution >= 4 is 5.91 Å². The number of hydrogen-bond acceptors (Lipinski definition) is 1. The Morgan fingerprint density at radius 3 is 2.58 bits per heavy atom. The molecule has 0 bridgehead atoms. The van der Waals surface area contributed by atoms with Gasteiger partial charge in [-0.3, -0.25) is 4.79 Å². The van der Waals surface area contributed by atoms with Gasteiger partial charge in [0.2, 0.25) is 5.91 Å². The van der Waals surface area contributed by atoms with Gasteiger partial charge in [-0.15, -0.1) is 0 Å². The van der Waals surface area contributed by atoms with E-state index >= 15 is 0 Å². The highest BCUT2D eigenvalue weighted by Gasteiger charge is 2.25. The first-order valence-corrected chi connectivity index (χ1v) is 4.73. The Bertz CT molecular complexity index is 218. The van der Waals surface area contributed by atoms with E-state index in [1.165, 1.54) is 5.57 Å². The second kappa shape index (κ2) is 3.74. The molecule has 0 aromatic carbocycles. The molecule has 1 N–H and O–H groups in total. The lowest BCUT2D eigenvalue weighted by molar-refractivity contribution is -0.117. The van der Waals surface area contributed by atoms with Gasteiger partial charge in [0.05, 0.1) is 0 Å². The summed E-state index contributed by atoms with van der Waals surface area (Å²) < 4.78 is 0. The molecule has 0 fully saturated rings. The molecule has 0 aromatic rings. The fraction of sp³-hybridized carbons (Fsp3) is 0.700. The van der Waals surface area contributed by atoms with E-state index in [1.807, 2.05) is 0 Å². The SMILES string of the molecule is CCCC1=C(CC)C(C)NC1=O. The van der Waals surface area contributed by atoms with Gasteiger partial charge in [0.1, 0.15) is 0 Å². The minimum Gasteiger partial charge on any atom is -0.346 e. The molecule has 12 heavy (non-hydrogen) atoms. The molecular weight excluding hydrogens is 150 g/mol. The van der Waals surface area contributed by atoms with Gasteiger partial charge in [-0.1, -0.05) is 20.3 Å². The van der Waals surface area contributed by atoms with E-state index in [2.05, 4.69) is 26.1 Å². The maximum atomic E-state index is 11.4. The Labute approximate surface area is 74.0 Å². The lowest BCUT2D eigenvalue weighted by Crippen LogP contribution is -2.25. The van der Waals surface area contributed by atoms with Gasteiger partial charge in [0.25, 0.3) is 0 Å². The normalized spacial score (nSPS) is 23.2. The van der Waals surface area contributed by atoms with Crippen molar-refractivity contribution in [2.24, 2.45) is 0 Å². The van der Waals surface area contributed by atoms with E-state index in [1.54, 1.807) is 0 Å². The summed E-state index contributed by atoms with van der Waals surface area (Å²) in [5.41, 5.74) is 2.34. The fourth-order valence-corrected chi connectivity index (χ4v) is 1.82. The summed E-state index contributed by atoms with van der Waals surface area (Å²) in [6, 6.07) is 0.268. The average molecular weight is 167 g/mol. The van der Waals surface area contributed by atoms with Crippen molar-refractivity contribution in [3.05, 3.63) is 11.1 Å². The van der Waals surface area contributed by atoms with Crippen LogP contribution in [0.5, 0.6) is 0 Å². The van der Waals surface area contributed by atoms with E-state index in [-0.39, 0.29) is 11.9 Å². The van der Waals surface area contributed by atoms with Crippen molar-refractivity contribution in [3.8, 4) is 0 Å². The highest BCUT2D eigenvalue weighted by Crippen LogP contribution is 2.23. The van der Waals surface area contributed by atoms with Crippen molar-refractivity contribution in [1.29, 1.82) is 0 Å². The topological polar surface area (TPSA) is 29.1 Å². The van der Waals surface area contributed by atoms with Crippen molar-refractivity contribution in [2.45, 2.75) is 46.1 Å². The van der Waals surface area contributed by atoms with Crippen LogP contribution in [0.15, 0.2) is 11.1 Å². The Balaban J connectivity index is 2.85. The number of rotatable bonds is 3. The molecule has 1 atom stereocenters. The Hall–Kier alpha value is -0.790. The van der Waals surface area contributed by atoms with Crippen LogP contribution in [0, 0.1) is 0 Å². The smallest absolute Gasteiger partial charge is 0.247 e. The van der Waals surface area contributed by atoms with E-state index in [0.29, 0.717) is 0 Å². The lowest BCUT2D eigenvalue weighted by Gasteiger charge is -2.05. The van der Waals surface area contributed by atoms with Gasteiger partial charge in [0, 0.05) is 11.6 Å². The van der Waals surface area contributed by atoms with Gasteiger partial charge in [-0.2, -0.15) is 0 Å². The zero-order valence-corrected chi connectivity index (χ0v) is 8.11. The quantitative estimate of drug-likeness (QED) is 0.684. The third-order valence-electron chi connectivity index (χ3n) is 2.41. The molecule has 68 valence electrons. The van der Waals surface area contributed by atoms with Crippen LogP contribution >= 0.6 is 0 Å². The summed E-state index contributed by atoms with van der Waals surface area (Å²) in [5, 5.41) is 2.94. The van der Waals surface area contributed by atoms with E-state index in [0.717, 1.165) is 24.8 Å². The standard InChI is InChI=1S/C10H17NO/c1-4-6-9-8(5-2)7(3)11-10(9)12/h7H,4-6H2,1-3H3,(H,11,12). The van der Waals surface area contributed by atoms with Crippen LogP contribution < -0.4 is 5.32 Å². The van der Waals surface area contributed by atoms with Crippen molar-refractivity contribution < 1.29 is 4.79 Å². The molecule has 1 aliphatic rings. The van der Waals surface area contributed by atoms with Crippen LogP contribution in [0.1, 0.15) is 40.0 Å². The minimum atomic E-state index is 0.154. The van der Waals surface area contributed by atoms with E-state index < -0.39 is 0 Å². The predicted octanol–water partition coefficient (Wildman–Crippen LogP) is 2.01. The lowest BCUT2D eigenvalue weighted by atomic mass is 10.0. The molecule has 1 unspecified atom stereocenters. The molecule has 0 aliphatic carbocycles. The number of nitrogens with one attached hydrogen (secondary N) is 1. The first kappa shape index (κ1) is 9.30. The predicted molar refractivity (Wildman–Crippen MR) is 49.8 cm³/mol. The van der Waals surface area contributed by atoms with Gasteiger partial charge >= 0.3 is 0 Å². The van der Waals surface area contributed by atoms with Crippen molar-refractivity contribution in [3.63, 3.8) is 0 Å². The summed E-state index contributed by atoms with van der Waals surface area (Å²) in [4.78, 5) is 11.4. The van der Waals surface area contributed by atoms with Crippen molar-refractivity contribution in [1.82, 2.24) is 5.32 Å². The third kappa shape index (κ3) is 1.52. The van der Waals surface area contributed by atoms with E-state index in [4.69, 9.17) is 0 Å². The van der Waals surface area contributed by atoms with Crippen LogP contribution in [0.2, 0.25) is 0 Å². The summed E-state index contributed by atoms with van der Waals surface area (Å²) in [6.45, 7) is 6.28. The molecule has 2 nitrogen and oxygen atoms in total. The summed E-state index contributed by atoms with van der Waals surface area (Å²) >= 11 is 0. The fourth-order valence-electron chi connectivity index (χ4n) is 1.82. The van der Waals surface area contributed by atoms with Crippen LogP contribution in [0.4, 0.5) is 0 Å². The zero-order valence-electron chi connectivity index (χ0n) is 8.11. The minimum absolute atomic E-state index is 0.154. The summed E-state index contributed by atoms with van der Waals surface area (Å²) in [6.07, 6.45) is 2.98. The number of amides is 1. The largest absolute Gasteiger partial charge is 0.346 e. The third-order valence-corrected chi connectivity index (χ3v) is 2.41. The molecule has 1 heterocycles. The molecule has 2 heteroatoms. The molecule has 0 aromatic heterocycles. The van der Waals surface area contributed by atoms with Crippen LogP contribution in [0.3, 0.4) is 0 Å². The Morgan fingerprint density at radius 2 is 2.08 bits per heavy atom. The number of hydrogen-bond donors (Lipinski definition) is 1. The molecule has 1 aliphatic heterocycles. The van der Waals surface area contributed by atoms with Crippen LogP contribution in [-0.4, -0.2) is 11.9 Å². The average Bonchev–Trinajstić information content (AvgIpc) is 2.28. The maximum absolute atomic E-state index is 11.4. The van der Waals surface area contributed by atoms with E-state index in [9.17, 15) is 4.79 Å². The van der Waals surface area contributed by atoms with Crippen LogP contribution in [-0.2, 0) is 4.79 Å². The number of carbonyl (C=O) groups is 1. The second-order valence-electron chi connectivity index (χ2n) is 3.30. The maximum Gasteiger partial charge on any atom is 0.247 e. The summed E-state index contributed by atoms with van der Waals surface area (Å²) in [5.74, 6) is 0.154. The molecule has 0 saturated carbocycles. The second-order valence-corrected chi connectivity index (χ2v) is 3.30. The number of carbonyl (C=O) groups excluding carboxylic acids is 1. The molecular formula is C10H17NO. The molecule has 0 spiro atoms. The molecule has 1 amide bonds.